The summed E-state index contributed by atoms with van der Waals surface area (Å²) in [4.78, 5) is 24.8. The average Bonchev–Trinajstić information content (AvgIpc) is 3.00. The Morgan fingerprint density at radius 1 is 1.18 bits per heavy atom. The number of thiophene rings is 1. The van der Waals surface area contributed by atoms with Crippen LogP contribution in [0.25, 0.3) is 11.1 Å². The molecule has 0 aliphatic heterocycles. The van der Waals surface area contributed by atoms with E-state index in [1.807, 2.05) is 37.4 Å². The molecule has 7 heteroatoms. The molecule has 1 aromatic carbocycles. The number of thiocarbonyl (C=S) groups is 1. The maximum absolute atomic E-state index is 12.6. The molecule has 0 aliphatic rings. The Labute approximate surface area is 175 Å². The highest BCUT2D eigenvalue weighted by Gasteiger charge is 2.25. The Morgan fingerprint density at radius 3 is 2.43 bits per heavy atom. The summed E-state index contributed by atoms with van der Waals surface area (Å²) in [6, 6.07) is 6.05. The fraction of sp³-hybridized carbons (Fsp3) is 0.381. The zero-order valence-corrected chi connectivity index (χ0v) is 18.7. The van der Waals surface area contributed by atoms with Crippen molar-refractivity contribution in [1.82, 2.24) is 5.32 Å². The number of benzene rings is 1. The van der Waals surface area contributed by atoms with Crippen molar-refractivity contribution in [2.24, 2.45) is 5.41 Å². The Morgan fingerprint density at radius 2 is 1.86 bits per heavy atom. The number of ether oxygens (including phenoxy) is 1. The molecular formula is C21H26N2O3S2. The van der Waals surface area contributed by atoms with Gasteiger partial charge in [0.2, 0.25) is 5.91 Å². The molecule has 2 N–H and O–H groups in total. The molecule has 0 fully saturated rings. The lowest BCUT2D eigenvalue weighted by Gasteiger charge is -2.18. The maximum Gasteiger partial charge on any atom is 0.341 e. The minimum atomic E-state index is -0.574. The molecule has 0 atom stereocenters. The van der Waals surface area contributed by atoms with Gasteiger partial charge < -0.3 is 15.4 Å². The van der Waals surface area contributed by atoms with Crippen molar-refractivity contribution in [3.8, 4) is 11.1 Å². The summed E-state index contributed by atoms with van der Waals surface area (Å²) in [5.74, 6) is -0.627. The van der Waals surface area contributed by atoms with Crippen molar-refractivity contribution >= 4 is 45.5 Å². The third kappa shape index (κ3) is 5.17. The highest BCUT2D eigenvalue weighted by atomic mass is 32.1. The summed E-state index contributed by atoms with van der Waals surface area (Å²) in [5.41, 5.74) is 3.87. The lowest BCUT2D eigenvalue weighted by Crippen LogP contribution is -2.41. The minimum Gasteiger partial charge on any atom is -0.462 e. The zero-order chi connectivity index (χ0) is 21.1. The summed E-state index contributed by atoms with van der Waals surface area (Å²) >= 11 is 6.61. The Hall–Kier alpha value is -2.25. The van der Waals surface area contributed by atoms with Crippen LogP contribution in [0.4, 0.5) is 5.00 Å². The lowest BCUT2D eigenvalue weighted by molar-refractivity contribution is -0.126. The Balaban J connectivity index is 2.38. The fourth-order valence-electron chi connectivity index (χ4n) is 2.40. The van der Waals surface area contributed by atoms with Crippen LogP contribution in [0.5, 0.6) is 0 Å². The maximum atomic E-state index is 12.6. The predicted octanol–water partition coefficient (Wildman–Crippen LogP) is 5.07. The van der Waals surface area contributed by atoms with Gasteiger partial charge in [-0.05, 0) is 49.7 Å². The lowest BCUT2D eigenvalue weighted by atomic mass is 9.96. The molecule has 2 rings (SSSR count). The van der Waals surface area contributed by atoms with Crippen molar-refractivity contribution in [2.45, 2.75) is 41.5 Å². The summed E-state index contributed by atoms with van der Waals surface area (Å²) in [7, 11) is 0. The van der Waals surface area contributed by atoms with Crippen molar-refractivity contribution in [1.29, 1.82) is 0 Å². The van der Waals surface area contributed by atoms with Crippen LogP contribution in [-0.4, -0.2) is 23.6 Å². The van der Waals surface area contributed by atoms with Crippen LogP contribution in [0, 0.1) is 19.3 Å². The fourth-order valence-corrected chi connectivity index (χ4v) is 3.62. The molecule has 1 aromatic heterocycles. The number of aryl methyl sites for hydroxylation is 2. The summed E-state index contributed by atoms with van der Waals surface area (Å²) in [5, 5.41) is 8.25. The van der Waals surface area contributed by atoms with Gasteiger partial charge in [0.1, 0.15) is 10.6 Å². The van der Waals surface area contributed by atoms with Gasteiger partial charge in [0.15, 0.2) is 5.11 Å². The molecular weight excluding hydrogens is 392 g/mol. The van der Waals surface area contributed by atoms with Gasteiger partial charge in [-0.2, -0.15) is 0 Å². The van der Waals surface area contributed by atoms with Crippen molar-refractivity contribution in [3.05, 3.63) is 40.3 Å². The van der Waals surface area contributed by atoms with Gasteiger partial charge in [0, 0.05) is 16.4 Å². The minimum absolute atomic E-state index is 0.152. The number of hydrogen-bond donors (Lipinski definition) is 2. The number of nitrogens with one attached hydrogen (secondary N) is 2. The third-order valence-corrected chi connectivity index (χ3v) is 5.32. The molecule has 5 nitrogen and oxygen atoms in total. The van der Waals surface area contributed by atoms with E-state index in [0.29, 0.717) is 10.6 Å². The van der Waals surface area contributed by atoms with E-state index in [9.17, 15) is 9.59 Å². The number of carbonyl (C=O) groups is 2. The number of carbonyl (C=O) groups excluding carboxylic acids is 2. The zero-order valence-electron chi connectivity index (χ0n) is 17.1. The first kappa shape index (κ1) is 22.0. The van der Waals surface area contributed by atoms with Gasteiger partial charge in [-0.15, -0.1) is 11.3 Å². The quantitative estimate of drug-likeness (QED) is 0.536. The van der Waals surface area contributed by atoms with Gasteiger partial charge >= 0.3 is 5.97 Å². The second-order valence-electron chi connectivity index (χ2n) is 7.53. The molecule has 28 heavy (non-hydrogen) atoms. The van der Waals surface area contributed by atoms with Crippen LogP contribution in [0.2, 0.25) is 0 Å². The third-order valence-electron chi connectivity index (χ3n) is 4.22. The van der Waals surface area contributed by atoms with E-state index in [-0.39, 0.29) is 17.6 Å². The number of hydrogen-bond acceptors (Lipinski definition) is 5. The van der Waals surface area contributed by atoms with E-state index >= 15 is 0 Å². The Bertz CT molecular complexity index is 911. The highest BCUT2D eigenvalue weighted by Crippen LogP contribution is 2.37. The van der Waals surface area contributed by atoms with Gasteiger partial charge in [0.25, 0.3) is 0 Å². The van der Waals surface area contributed by atoms with Crippen molar-refractivity contribution in [3.63, 3.8) is 0 Å². The second kappa shape index (κ2) is 8.84. The van der Waals surface area contributed by atoms with Crippen LogP contribution >= 0.6 is 23.6 Å². The van der Waals surface area contributed by atoms with E-state index in [0.717, 1.165) is 16.7 Å². The molecule has 0 saturated carbocycles. The molecule has 0 unspecified atom stereocenters. The van der Waals surface area contributed by atoms with E-state index in [1.54, 1.807) is 27.7 Å². The number of rotatable bonds is 4. The van der Waals surface area contributed by atoms with Gasteiger partial charge in [-0.3, -0.25) is 4.79 Å². The molecule has 1 amide bonds. The van der Waals surface area contributed by atoms with E-state index in [2.05, 4.69) is 10.6 Å². The molecule has 0 saturated heterocycles. The van der Waals surface area contributed by atoms with Gasteiger partial charge in [0.05, 0.1) is 6.61 Å². The van der Waals surface area contributed by atoms with Crippen LogP contribution < -0.4 is 10.6 Å². The van der Waals surface area contributed by atoms with Gasteiger partial charge in [-0.1, -0.05) is 39.0 Å². The number of esters is 1. The first-order valence-corrected chi connectivity index (χ1v) is 10.3. The van der Waals surface area contributed by atoms with Crippen LogP contribution in [0.1, 0.15) is 49.2 Å². The topological polar surface area (TPSA) is 67.4 Å². The summed E-state index contributed by atoms with van der Waals surface area (Å²) < 4.78 is 5.26. The second-order valence-corrected chi connectivity index (χ2v) is 8.82. The Kier molecular flexibility index (Phi) is 6.96. The molecule has 0 bridgehead atoms. The highest BCUT2D eigenvalue weighted by molar-refractivity contribution is 7.80. The smallest absolute Gasteiger partial charge is 0.341 e. The molecule has 1 heterocycles. The van der Waals surface area contributed by atoms with Gasteiger partial charge in [-0.25, -0.2) is 4.79 Å². The first-order chi connectivity index (χ1) is 13.0. The first-order valence-electron chi connectivity index (χ1n) is 9.03. The molecule has 0 spiro atoms. The van der Waals surface area contributed by atoms with Crippen molar-refractivity contribution in [2.75, 3.05) is 11.9 Å². The van der Waals surface area contributed by atoms with Crippen LogP contribution in [0.15, 0.2) is 23.6 Å². The van der Waals surface area contributed by atoms with E-state index in [4.69, 9.17) is 17.0 Å². The van der Waals surface area contributed by atoms with Crippen LogP contribution in [-0.2, 0) is 9.53 Å². The molecule has 0 radical (unpaired) electrons. The van der Waals surface area contributed by atoms with E-state index in [1.165, 1.54) is 16.9 Å². The average molecular weight is 419 g/mol. The number of anilines is 1. The van der Waals surface area contributed by atoms with E-state index < -0.39 is 11.4 Å². The predicted molar refractivity (Wildman–Crippen MR) is 119 cm³/mol. The largest absolute Gasteiger partial charge is 0.462 e. The van der Waals surface area contributed by atoms with Crippen LogP contribution in [0.3, 0.4) is 0 Å². The van der Waals surface area contributed by atoms with Crippen molar-refractivity contribution < 1.29 is 14.3 Å². The molecule has 0 aliphatic carbocycles. The normalized spacial score (nSPS) is 11.1. The monoisotopic (exact) mass is 418 g/mol. The number of amides is 1. The molecule has 150 valence electrons. The SMILES string of the molecule is CCOC(=O)c1c(-c2ccc(C)c(C)c2)csc1NC(=S)NC(=O)C(C)(C)C. The molecule has 2 aromatic rings. The summed E-state index contributed by atoms with van der Waals surface area (Å²) in [6.45, 7) is 11.5. The standard InChI is InChI=1S/C21H26N2O3S2/c1-7-26-18(24)16-15(14-9-8-12(2)13(3)10-14)11-28-17(16)22-20(27)23-19(25)21(4,5)6/h8-11H,7H2,1-6H3,(H2,22,23,25,27). The summed E-state index contributed by atoms with van der Waals surface area (Å²) in [6.07, 6.45) is 0.